The maximum Gasteiger partial charge on any atom is 0.132 e. The fourth-order valence-electron chi connectivity index (χ4n) is 1.87. The molecule has 15 heavy (non-hydrogen) atoms. The van der Waals surface area contributed by atoms with Crippen LogP contribution in [0.1, 0.15) is 39.1 Å². The normalized spacial score (nSPS) is 22.8. The van der Waals surface area contributed by atoms with Gasteiger partial charge in [0.25, 0.3) is 0 Å². The third kappa shape index (κ3) is 1.51. The lowest BCUT2D eigenvalue weighted by Crippen LogP contribution is -2.25. The number of nitrogens with zero attached hydrogens (tertiary/aromatic N) is 2. The summed E-state index contributed by atoms with van der Waals surface area (Å²) >= 11 is 1.81. The number of hydrogen-bond acceptors (Lipinski definition) is 4. The Balaban J connectivity index is 2.60. The number of rotatable bonds is 1. The molecule has 2 heterocycles. The van der Waals surface area contributed by atoms with Crippen LogP contribution in [0.5, 0.6) is 0 Å². The summed E-state index contributed by atoms with van der Waals surface area (Å²) in [6.45, 7) is 8.69. The molecule has 0 amide bonds. The highest BCUT2D eigenvalue weighted by Crippen LogP contribution is 2.49. The molecule has 1 aromatic heterocycles. The van der Waals surface area contributed by atoms with Crippen molar-refractivity contribution in [3.8, 4) is 0 Å². The molecule has 2 rings (SSSR count). The van der Waals surface area contributed by atoms with E-state index in [9.17, 15) is 0 Å². The molecule has 4 heteroatoms. The van der Waals surface area contributed by atoms with Gasteiger partial charge in [-0.25, -0.2) is 9.97 Å². The fourth-order valence-corrected chi connectivity index (χ4v) is 3.26. The van der Waals surface area contributed by atoms with Crippen molar-refractivity contribution in [3.05, 3.63) is 11.4 Å². The summed E-state index contributed by atoms with van der Waals surface area (Å²) in [4.78, 5) is 8.90. The maximum atomic E-state index is 6.02. The first kappa shape index (κ1) is 10.7. The maximum absolute atomic E-state index is 6.02. The van der Waals surface area contributed by atoms with Crippen LogP contribution in [0.2, 0.25) is 0 Å². The van der Waals surface area contributed by atoms with Gasteiger partial charge in [0.05, 0.1) is 0 Å². The Kier molecular flexibility index (Phi) is 2.41. The van der Waals surface area contributed by atoms with Crippen LogP contribution >= 0.6 is 11.8 Å². The van der Waals surface area contributed by atoms with Crippen LogP contribution in [-0.4, -0.2) is 15.2 Å². The van der Waals surface area contributed by atoms with Crippen LogP contribution in [0.3, 0.4) is 0 Å². The molecule has 1 aromatic rings. The van der Waals surface area contributed by atoms with Gasteiger partial charge in [-0.05, 0) is 0 Å². The molecule has 0 spiro atoms. The van der Waals surface area contributed by atoms with E-state index in [1.807, 2.05) is 11.8 Å². The molecule has 2 N–H and O–H groups in total. The van der Waals surface area contributed by atoms with E-state index in [1.54, 1.807) is 0 Å². The first-order valence-corrected chi connectivity index (χ1v) is 6.18. The van der Waals surface area contributed by atoms with Crippen molar-refractivity contribution < 1.29 is 0 Å². The molecule has 0 saturated heterocycles. The number of fused-ring (bicyclic) bond motifs is 1. The van der Waals surface area contributed by atoms with Crippen LogP contribution in [0.15, 0.2) is 5.03 Å². The number of thioether (sulfide) groups is 1. The van der Waals surface area contributed by atoms with Gasteiger partial charge in [-0.15, -0.1) is 11.8 Å². The molecule has 3 nitrogen and oxygen atoms in total. The Bertz CT molecular complexity index is 401. The Morgan fingerprint density at radius 2 is 2.07 bits per heavy atom. The van der Waals surface area contributed by atoms with E-state index in [2.05, 4.69) is 37.7 Å². The smallest absolute Gasteiger partial charge is 0.132 e. The van der Waals surface area contributed by atoms with Crippen molar-refractivity contribution >= 4 is 17.6 Å². The Hall–Kier alpha value is -0.770. The highest BCUT2D eigenvalue weighted by Gasteiger charge is 2.40. The van der Waals surface area contributed by atoms with Crippen LogP contribution in [0.25, 0.3) is 0 Å². The van der Waals surface area contributed by atoms with Gasteiger partial charge >= 0.3 is 0 Å². The van der Waals surface area contributed by atoms with E-state index in [0.29, 0.717) is 11.1 Å². The van der Waals surface area contributed by atoms with Crippen molar-refractivity contribution in [2.75, 3.05) is 5.73 Å². The molecular weight excluding hydrogens is 206 g/mol. The summed E-state index contributed by atoms with van der Waals surface area (Å²) in [6, 6.07) is 0. The lowest BCUT2D eigenvalue weighted by Gasteiger charge is -2.24. The van der Waals surface area contributed by atoms with E-state index in [1.165, 1.54) is 0 Å². The van der Waals surface area contributed by atoms with Crippen molar-refractivity contribution in [1.82, 2.24) is 9.97 Å². The zero-order valence-corrected chi connectivity index (χ0v) is 10.5. The second-order valence-electron chi connectivity index (χ2n) is 4.54. The lowest BCUT2D eigenvalue weighted by molar-refractivity contribution is 0.523. The molecular formula is C11H17N3S. The first-order chi connectivity index (χ1) is 6.96. The van der Waals surface area contributed by atoms with Crippen molar-refractivity contribution in [3.63, 3.8) is 0 Å². The monoisotopic (exact) mass is 223 g/mol. The zero-order chi connectivity index (χ0) is 11.2. The molecule has 1 aliphatic rings. The number of nitrogen functional groups attached to an aromatic ring is 1. The van der Waals surface area contributed by atoms with Crippen molar-refractivity contribution in [2.45, 2.75) is 49.8 Å². The van der Waals surface area contributed by atoms with Crippen LogP contribution < -0.4 is 5.73 Å². The first-order valence-electron chi connectivity index (χ1n) is 5.30. The van der Waals surface area contributed by atoms with Crippen LogP contribution in [-0.2, 0) is 11.8 Å². The molecule has 0 aromatic carbocycles. The van der Waals surface area contributed by atoms with E-state index < -0.39 is 0 Å². The summed E-state index contributed by atoms with van der Waals surface area (Å²) in [5.41, 5.74) is 7.24. The van der Waals surface area contributed by atoms with E-state index >= 15 is 0 Å². The highest BCUT2D eigenvalue weighted by atomic mass is 32.2. The van der Waals surface area contributed by atoms with Gasteiger partial charge < -0.3 is 5.73 Å². The van der Waals surface area contributed by atoms with Crippen molar-refractivity contribution in [1.29, 1.82) is 0 Å². The number of anilines is 1. The minimum Gasteiger partial charge on any atom is -0.383 e. The number of aryl methyl sites for hydroxylation is 1. The quantitative estimate of drug-likeness (QED) is 0.743. The summed E-state index contributed by atoms with van der Waals surface area (Å²) in [5.74, 6) is 1.52. The summed E-state index contributed by atoms with van der Waals surface area (Å²) in [6.07, 6.45) is 0.840. The fraction of sp³-hybridized carbons (Fsp3) is 0.636. The zero-order valence-electron chi connectivity index (χ0n) is 9.66. The molecule has 0 bridgehead atoms. The summed E-state index contributed by atoms with van der Waals surface area (Å²) in [5, 5.41) is 1.59. The SMILES string of the molecule is CCc1nc(N)c2c(n1)SC(C)C2(C)C. The Labute approximate surface area is 94.9 Å². The van der Waals surface area contributed by atoms with Crippen molar-refractivity contribution in [2.24, 2.45) is 0 Å². The van der Waals surface area contributed by atoms with E-state index in [4.69, 9.17) is 5.73 Å². The minimum absolute atomic E-state index is 0.0797. The Morgan fingerprint density at radius 1 is 1.40 bits per heavy atom. The summed E-state index contributed by atoms with van der Waals surface area (Å²) < 4.78 is 0. The van der Waals surface area contributed by atoms with Crippen LogP contribution in [0, 0.1) is 0 Å². The van der Waals surface area contributed by atoms with Gasteiger partial charge in [0, 0.05) is 22.6 Å². The molecule has 0 aliphatic carbocycles. The lowest BCUT2D eigenvalue weighted by atomic mass is 9.83. The van der Waals surface area contributed by atoms with E-state index in [-0.39, 0.29) is 5.41 Å². The van der Waals surface area contributed by atoms with Gasteiger partial charge in [0.15, 0.2) is 0 Å². The third-order valence-electron chi connectivity index (χ3n) is 3.22. The second kappa shape index (κ2) is 3.37. The predicted molar refractivity (Wildman–Crippen MR) is 64.2 cm³/mol. The number of hydrogen-bond donors (Lipinski definition) is 1. The Morgan fingerprint density at radius 3 is 2.67 bits per heavy atom. The summed E-state index contributed by atoms with van der Waals surface area (Å²) in [7, 11) is 0. The van der Waals surface area contributed by atoms with Gasteiger partial charge in [-0.2, -0.15) is 0 Å². The molecule has 0 saturated carbocycles. The average molecular weight is 223 g/mol. The second-order valence-corrected chi connectivity index (χ2v) is 5.87. The highest BCUT2D eigenvalue weighted by molar-refractivity contribution is 8.00. The molecule has 82 valence electrons. The van der Waals surface area contributed by atoms with Gasteiger partial charge in [-0.3, -0.25) is 0 Å². The van der Waals surface area contributed by atoms with Gasteiger partial charge in [-0.1, -0.05) is 27.7 Å². The molecule has 0 fully saturated rings. The largest absolute Gasteiger partial charge is 0.383 e. The van der Waals surface area contributed by atoms with Gasteiger partial charge in [0.2, 0.25) is 0 Å². The molecule has 1 unspecified atom stereocenters. The van der Waals surface area contributed by atoms with E-state index in [0.717, 1.165) is 22.8 Å². The topological polar surface area (TPSA) is 51.8 Å². The van der Waals surface area contributed by atoms with Crippen LogP contribution in [0.4, 0.5) is 5.82 Å². The minimum atomic E-state index is 0.0797. The number of aromatic nitrogens is 2. The molecule has 1 aliphatic heterocycles. The standard InChI is InChI=1S/C11H17N3S/c1-5-7-13-9(12)8-10(14-7)15-6(2)11(8,3)4/h6H,5H2,1-4H3,(H2,12,13,14). The molecule has 0 radical (unpaired) electrons. The average Bonchev–Trinajstić information content (AvgIpc) is 2.37. The van der Waals surface area contributed by atoms with Gasteiger partial charge in [0.1, 0.15) is 16.7 Å². The molecule has 1 atom stereocenters. The third-order valence-corrected chi connectivity index (χ3v) is 4.68. The number of nitrogens with two attached hydrogens (primary N) is 1. The predicted octanol–water partition coefficient (Wildman–Crippen LogP) is 2.39.